The predicted molar refractivity (Wildman–Crippen MR) is 80.5 cm³/mol. The van der Waals surface area contributed by atoms with E-state index in [0.29, 0.717) is 5.56 Å². The topological polar surface area (TPSA) is 60.8 Å². The molecule has 0 spiro atoms. The van der Waals surface area contributed by atoms with Crippen LogP contribution < -0.4 is 4.90 Å². The average Bonchev–Trinajstić information content (AvgIpc) is 2.90. The summed E-state index contributed by atoms with van der Waals surface area (Å²) in [7, 11) is 0. The molecule has 1 aliphatic rings. The standard InChI is InChI=1S/C17H17NO3/c19-11-13-3-1-12(2-4-13)10-18-8-7-14-5-6-15(17(20)21)9-16(14)18/h1-6,9,19H,7-8,10-11H2,(H,20,21). The molecule has 108 valence electrons. The third-order valence-corrected chi connectivity index (χ3v) is 3.90. The highest BCUT2D eigenvalue weighted by Crippen LogP contribution is 2.30. The molecule has 0 aliphatic carbocycles. The molecule has 2 aromatic rings. The van der Waals surface area contributed by atoms with Crippen LogP contribution in [0.25, 0.3) is 0 Å². The quantitative estimate of drug-likeness (QED) is 0.904. The molecule has 1 aliphatic heterocycles. The Bertz CT molecular complexity index is 664. The van der Waals surface area contributed by atoms with Crippen LogP contribution in [0.3, 0.4) is 0 Å². The second-order valence-corrected chi connectivity index (χ2v) is 5.29. The van der Waals surface area contributed by atoms with Crippen molar-refractivity contribution in [3.63, 3.8) is 0 Å². The SMILES string of the molecule is O=C(O)c1ccc2c(c1)N(Cc1ccc(CO)cc1)CC2. The number of aliphatic hydroxyl groups excluding tert-OH is 1. The van der Waals surface area contributed by atoms with Crippen molar-refractivity contribution in [3.05, 3.63) is 64.7 Å². The largest absolute Gasteiger partial charge is 0.478 e. The van der Waals surface area contributed by atoms with Gasteiger partial charge in [0.05, 0.1) is 12.2 Å². The summed E-state index contributed by atoms with van der Waals surface area (Å²) >= 11 is 0. The minimum Gasteiger partial charge on any atom is -0.478 e. The molecule has 0 atom stereocenters. The monoisotopic (exact) mass is 283 g/mol. The molecule has 3 rings (SSSR count). The Balaban J connectivity index is 1.82. The maximum atomic E-state index is 11.1. The number of hydrogen-bond acceptors (Lipinski definition) is 3. The van der Waals surface area contributed by atoms with Crippen LogP contribution >= 0.6 is 0 Å². The van der Waals surface area contributed by atoms with Gasteiger partial charge in [-0.25, -0.2) is 4.79 Å². The predicted octanol–water partition coefficient (Wildman–Crippen LogP) is 2.44. The third kappa shape index (κ3) is 2.76. The molecule has 0 radical (unpaired) electrons. The summed E-state index contributed by atoms with van der Waals surface area (Å²) < 4.78 is 0. The number of rotatable bonds is 4. The van der Waals surface area contributed by atoms with Crippen LogP contribution in [-0.4, -0.2) is 22.7 Å². The molecular weight excluding hydrogens is 266 g/mol. The van der Waals surface area contributed by atoms with Crippen LogP contribution in [0, 0.1) is 0 Å². The van der Waals surface area contributed by atoms with Crippen LogP contribution in [-0.2, 0) is 19.6 Å². The first-order valence-corrected chi connectivity index (χ1v) is 6.97. The van der Waals surface area contributed by atoms with Gasteiger partial charge in [-0.2, -0.15) is 0 Å². The van der Waals surface area contributed by atoms with E-state index in [0.717, 1.165) is 36.3 Å². The maximum Gasteiger partial charge on any atom is 0.335 e. The van der Waals surface area contributed by atoms with Crippen molar-refractivity contribution < 1.29 is 15.0 Å². The Labute approximate surface area is 123 Å². The minimum absolute atomic E-state index is 0.0504. The molecule has 21 heavy (non-hydrogen) atoms. The fourth-order valence-corrected chi connectivity index (χ4v) is 2.71. The number of aromatic carboxylic acids is 1. The maximum absolute atomic E-state index is 11.1. The van der Waals surface area contributed by atoms with E-state index in [4.69, 9.17) is 10.2 Å². The molecule has 0 saturated heterocycles. The molecule has 2 aromatic carbocycles. The van der Waals surface area contributed by atoms with Crippen molar-refractivity contribution >= 4 is 11.7 Å². The van der Waals surface area contributed by atoms with E-state index in [9.17, 15) is 4.79 Å². The molecule has 0 amide bonds. The Kier molecular flexibility index (Phi) is 3.62. The van der Waals surface area contributed by atoms with Gasteiger partial charge in [-0.1, -0.05) is 30.3 Å². The molecule has 0 fully saturated rings. The number of hydrogen-bond donors (Lipinski definition) is 2. The Morgan fingerprint density at radius 2 is 1.81 bits per heavy atom. The Morgan fingerprint density at radius 1 is 1.10 bits per heavy atom. The van der Waals surface area contributed by atoms with Crippen molar-refractivity contribution in [1.82, 2.24) is 0 Å². The van der Waals surface area contributed by atoms with E-state index >= 15 is 0 Å². The van der Waals surface area contributed by atoms with Gasteiger partial charge in [0.1, 0.15) is 0 Å². The van der Waals surface area contributed by atoms with Crippen LogP contribution in [0.2, 0.25) is 0 Å². The van der Waals surface area contributed by atoms with Crippen molar-refractivity contribution in [2.45, 2.75) is 19.6 Å². The summed E-state index contributed by atoms with van der Waals surface area (Å²) in [6.45, 7) is 1.71. The fraction of sp³-hybridized carbons (Fsp3) is 0.235. The van der Waals surface area contributed by atoms with Gasteiger partial charge in [0.25, 0.3) is 0 Å². The number of aliphatic hydroxyl groups is 1. The van der Waals surface area contributed by atoms with Crippen LogP contribution in [0.1, 0.15) is 27.0 Å². The molecule has 1 heterocycles. The van der Waals surface area contributed by atoms with E-state index in [1.165, 1.54) is 5.56 Å². The van der Waals surface area contributed by atoms with Gasteiger partial charge in [0.15, 0.2) is 0 Å². The number of fused-ring (bicyclic) bond motifs is 1. The Hall–Kier alpha value is -2.33. The van der Waals surface area contributed by atoms with Crippen molar-refractivity contribution in [1.29, 1.82) is 0 Å². The molecular formula is C17H17NO3. The van der Waals surface area contributed by atoms with E-state index < -0.39 is 5.97 Å². The number of anilines is 1. The number of nitrogens with zero attached hydrogens (tertiary/aromatic N) is 1. The minimum atomic E-state index is -0.892. The summed E-state index contributed by atoms with van der Waals surface area (Å²) in [5.74, 6) is -0.892. The molecule has 4 nitrogen and oxygen atoms in total. The lowest BCUT2D eigenvalue weighted by molar-refractivity contribution is 0.0697. The van der Waals surface area contributed by atoms with Gasteiger partial charge in [-0.05, 0) is 35.2 Å². The average molecular weight is 283 g/mol. The fourth-order valence-electron chi connectivity index (χ4n) is 2.71. The first-order valence-electron chi connectivity index (χ1n) is 6.97. The van der Waals surface area contributed by atoms with Crippen LogP contribution in [0.4, 0.5) is 5.69 Å². The molecule has 0 saturated carbocycles. The van der Waals surface area contributed by atoms with Gasteiger partial charge in [-0.3, -0.25) is 0 Å². The van der Waals surface area contributed by atoms with E-state index in [1.54, 1.807) is 12.1 Å². The van der Waals surface area contributed by atoms with Gasteiger partial charge < -0.3 is 15.1 Å². The number of carboxylic acids is 1. The third-order valence-electron chi connectivity index (χ3n) is 3.90. The van der Waals surface area contributed by atoms with Crippen molar-refractivity contribution in [2.75, 3.05) is 11.4 Å². The summed E-state index contributed by atoms with van der Waals surface area (Å²) in [6, 6.07) is 13.2. The lowest BCUT2D eigenvalue weighted by atomic mass is 10.1. The molecule has 2 N–H and O–H groups in total. The zero-order valence-corrected chi connectivity index (χ0v) is 11.6. The first-order chi connectivity index (χ1) is 10.2. The number of benzene rings is 2. The highest BCUT2D eigenvalue weighted by atomic mass is 16.4. The number of carboxylic acid groups (broad SMARTS) is 1. The summed E-state index contributed by atoms with van der Waals surface area (Å²) in [6.07, 6.45) is 0.948. The molecule has 0 bridgehead atoms. The molecule has 0 aromatic heterocycles. The first kappa shape index (κ1) is 13.6. The summed E-state index contributed by atoms with van der Waals surface area (Å²) in [5.41, 5.74) is 4.60. The van der Waals surface area contributed by atoms with Gasteiger partial charge in [-0.15, -0.1) is 0 Å². The second kappa shape index (κ2) is 5.58. The summed E-state index contributed by atoms with van der Waals surface area (Å²) in [4.78, 5) is 13.3. The normalized spacial score (nSPS) is 13.3. The van der Waals surface area contributed by atoms with Gasteiger partial charge >= 0.3 is 5.97 Å². The lowest BCUT2D eigenvalue weighted by Crippen LogP contribution is -2.19. The summed E-state index contributed by atoms with van der Waals surface area (Å²) in [5, 5.41) is 18.2. The second-order valence-electron chi connectivity index (χ2n) is 5.29. The van der Waals surface area contributed by atoms with E-state index in [-0.39, 0.29) is 6.61 Å². The lowest BCUT2D eigenvalue weighted by Gasteiger charge is -2.20. The van der Waals surface area contributed by atoms with E-state index in [1.807, 2.05) is 30.3 Å². The number of carbonyl (C=O) groups is 1. The van der Waals surface area contributed by atoms with Gasteiger partial charge in [0.2, 0.25) is 0 Å². The molecule has 0 unspecified atom stereocenters. The smallest absolute Gasteiger partial charge is 0.335 e. The van der Waals surface area contributed by atoms with Crippen molar-refractivity contribution in [2.24, 2.45) is 0 Å². The Morgan fingerprint density at radius 3 is 2.48 bits per heavy atom. The van der Waals surface area contributed by atoms with Crippen molar-refractivity contribution in [3.8, 4) is 0 Å². The van der Waals surface area contributed by atoms with Crippen LogP contribution in [0.15, 0.2) is 42.5 Å². The van der Waals surface area contributed by atoms with Gasteiger partial charge in [0, 0.05) is 18.8 Å². The van der Waals surface area contributed by atoms with Crippen LogP contribution in [0.5, 0.6) is 0 Å². The zero-order valence-electron chi connectivity index (χ0n) is 11.6. The zero-order chi connectivity index (χ0) is 14.8. The molecule has 4 heteroatoms. The highest BCUT2D eigenvalue weighted by Gasteiger charge is 2.20. The van der Waals surface area contributed by atoms with E-state index in [2.05, 4.69) is 4.90 Å². The highest BCUT2D eigenvalue weighted by molar-refractivity contribution is 5.89.